The second-order valence-electron chi connectivity index (χ2n) is 7.97. The molecule has 1 spiro atoms. The van der Waals surface area contributed by atoms with Gasteiger partial charge in [0, 0.05) is 17.3 Å². The van der Waals surface area contributed by atoms with Crippen LogP contribution in [-0.2, 0) is 0 Å². The molecule has 9 heteroatoms. The van der Waals surface area contributed by atoms with E-state index >= 15 is 0 Å². The Morgan fingerprint density at radius 1 is 1.20 bits per heavy atom. The normalized spacial score (nSPS) is 20.4. The first kappa shape index (κ1) is 19.0. The fraction of sp³-hybridized carbons (Fsp3) is 0.381. The SMILES string of the molecule is C=C(c1ccc2[nH]nc(-c3cncc(O[C@H]4CNCCC45CC5)n3)c2c1)C(F)(F)F. The van der Waals surface area contributed by atoms with E-state index in [-0.39, 0.29) is 17.1 Å². The van der Waals surface area contributed by atoms with Gasteiger partial charge in [0.25, 0.3) is 0 Å². The van der Waals surface area contributed by atoms with E-state index in [9.17, 15) is 13.2 Å². The van der Waals surface area contributed by atoms with Crippen molar-refractivity contribution in [1.82, 2.24) is 25.5 Å². The number of aromatic nitrogens is 4. The molecule has 2 N–H and O–H groups in total. The summed E-state index contributed by atoms with van der Waals surface area (Å²) >= 11 is 0. The molecule has 3 aromatic rings. The van der Waals surface area contributed by atoms with Crippen LogP contribution in [0.25, 0.3) is 27.9 Å². The topological polar surface area (TPSA) is 75.7 Å². The number of halogens is 3. The Morgan fingerprint density at radius 2 is 2.03 bits per heavy atom. The number of H-pyrrole nitrogens is 1. The van der Waals surface area contributed by atoms with Crippen LogP contribution in [0.3, 0.4) is 0 Å². The Kier molecular flexibility index (Phi) is 4.32. The maximum absolute atomic E-state index is 13.1. The number of hydrogen-bond acceptors (Lipinski definition) is 5. The molecule has 1 atom stereocenters. The lowest BCUT2D eigenvalue weighted by atomic mass is 9.92. The molecular weight excluding hydrogens is 395 g/mol. The van der Waals surface area contributed by atoms with Crippen molar-refractivity contribution in [1.29, 1.82) is 0 Å². The summed E-state index contributed by atoms with van der Waals surface area (Å²) < 4.78 is 45.3. The molecule has 2 aromatic heterocycles. The molecule has 6 nitrogen and oxygen atoms in total. The molecule has 30 heavy (non-hydrogen) atoms. The van der Waals surface area contributed by atoms with Crippen LogP contribution >= 0.6 is 0 Å². The number of nitrogens with one attached hydrogen (secondary N) is 2. The molecule has 0 radical (unpaired) electrons. The first-order valence-electron chi connectivity index (χ1n) is 9.80. The highest BCUT2D eigenvalue weighted by atomic mass is 19.4. The Bertz CT molecular complexity index is 1120. The zero-order valence-corrected chi connectivity index (χ0v) is 16.1. The predicted molar refractivity (Wildman–Crippen MR) is 106 cm³/mol. The minimum Gasteiger partial charge on any atom is -0.471 e. The first-order valence-corrected chi connectivity index (χ1v) is 9.80. The van der Waals surface area contributed by atoms with Crippen LogP contribution in [0.5, 0.6) is 5.88 Å². The summed E-state index contributed by atoms with van der Waals surface area (Å²) in [6.45, 7) is 4.94. The van der Waals surface area contributed by atoms with Gasteiger partial charge in [-0.3, -0.25) is 10.1 Å². The van der Waals surface area contributed by atoms with Crippen molar-refractivity contribution in [3.8, 4) is 17.3 Å². The third-order valence-electron chi connectivity index (χ3n) is 6.08. The van der Waals surface area contributed by atoms with Crippen molar-refractivity contribution < 1.29 is 17.9 Å². The number of nitrogens with zero attached hydrogens (tertiary/aromatic N) is 3. The molecule has 2 fully saturated rings. The molecule has 1 aliphatic carbocycles. The Morgan fingerprint density at radius 3 is 2.80 bits per heavy atom. The van der Waals surface area contributed by atoms with Crippen molar-refractivity contribution in [2.45, 2.75) is 31.5 Å². The summed E-state index contributed by atoms with van der Waals surface area (Å²) in [5, 5.41) is 11.0. The highest BCUT2D eigenvalue weighted by Crippen LogP contribution is 2.53. The van der Waals surface area contributed by atoms with E-state index in [1.54, 1.807) is 12.3 Å². The largest absolute Gasteiger partial charge is 0.471 e. The van der Waals surface area contributed by atoms with Crippen LogP contribution in [0.2, 0.25) is 0 Å². The third kappa shape index (κ3) is 3.32. The minimum atomic E-state index is -4.50. The molecule has 0 unspecified atom stereocenters. The van der Waals surface area contributed by atoms with Gasteiger partial charge >= 0.3 is 6.18 Å². The molecular formula is C21H20F3N5O. The fourth-order valence-corrected chi connectivity index (χ4v) is 4.07. The van der Waals surface area contributed by atoms with E-state index in [0.29, 0.717) is 28.2 Å². The summed E-state index contributed by atoms with van der Waals surface area (Å²) in [7, 11) is 0. The minimum absolute atomic E-state index is 0.0121. The number of rotatable bonds is 4. The second-order valence-corrected chi connectivity index (χ2v) is 7.97. The third-order valence-corrected chi connectivity index (χ3v) is 6.08. The number of piperidine rings is 1. The zero-order valence-electron chi connectivity index (χ0n) is 16.1. The van der Waals surface area contributed by atoms with Gasteiger partial charge in [0.15, 0.2) is 0 Å². The van der Waals surface area contributed by atoms with Crippen molar-refractivity contribution in [2.75, 3.05) is 13.1 Å². The van der Waals surface area contributed by atoms with Gasteiger partial charge in [-0.15, -0.1) is 0 Å². The van der Waals surface area contributed by atoms with Gasteiger partial charge in [0.2, 0.25) is 5.88 Å². The molecule has 2 aliphatic rings. The van der Waals surface area contributed by atoms with Crippen LogP contribution in [0.4, 0.5) is 13.2 Å². The fourth-order valence-electron chi connectivity index (χ4n) is 4.07. The van der Waals surface area contributed by atoms with Gasteiger partial charge in [0.05, 0.1) is 23.5 Å². The lowest BCUT2D eigenvalue weighted by Crippen LogP contribution is -2.45. The van der Waals surface area contributed by atoms with Gasteiger partial charge in [-0.05, 0) is 43.5 Å². The van der Waals surface area contributed by atoms with E-state index in [1.807, 2.05) is 0 Å². The Labute approximate surface area is 170 Å². The summed E-state index contributed by atoms with van der Waals surface area (Å²) in [6.07, 6.45) is 2.01. The summed E-state index contributed by atoms with van der Waals surface area (Å²) in [6, 6.07) is 4.34. The van der Waals surface area contributed by atoms with Gasteiger partial charge in [-0.2, -0.15) is 18.3 Å². The molecule has 1 aliphatic heterocycles. The maximum Gasteiger partial charge on any atom is 0.416 e. The lowest BCUT2D eigenvalue weighted by molar-refractivity contribution is -0.0686. The predicted octanol–water partition coefficient (Wildman–Crippen LogP) is 4.12. The molecule has 0 amide bonds. The monoisotopic (exact) mass is 415 g/mol. The number of fused-ring (bicyclic) bond motifs is 1. The van der Waals surface area contributed by atoms with Crippen LogP contribution in [-0.4, -0.2) is 45.5 Å². The van der Waals surface area contributed by atoms with Crippen molar-refractivity contribution >= 4 is 16.5 Å². The van der Waals surface area contributed by atoms with E-state index < -0.39 is 11.7 Å². The van der Waals surface area contributed by atoms with Crippen molar-refractivity contribution in [3.63, 3.8) is 0 Å². The number of aromatic amines is 1. The van der Waals surface area contributed by atoms with Crippen molar-refractivity contribution in [2.24, 2.45) is 5.41 Å². The molecule has 1 saturated heterocycles. The molecule has 5 rings (SSSR count). The van der Waals surface area contributed by atoms with E-state index in [1.165, 1.54) is 18.3 Å². The Hall–Kier alpha value is -2.94. The second kappa shape index (κ2) is 6.80. The zero-order chi connectivity index (χ0) is 20.9. The van der Waals surface area contributed by atoms with Crippen molar-refractivity contribution in [3.05, 3.63) is 42.7 Å². The highest BCUT2D eigenvalue weighted by Gasteiger charge is 2.52. The van der Waals surface area contributed by atoms with Crippen LogP contribution in [0.1, 0.15) is 24.8 Å². The van der Waals surface area contributed by atoms with Crippen LogP contribution in [0, 0.1) is 5.41 Å². The van der Waals surface area contributed by atoms with Gasteiger partial charge in [-0.1, -0.05) is 12.6 Å². The average molecular weight is 415 g/mol. The number of ether oxygens (including phenoxy) is 1. The molecule has 0 bridgehead atoms. The van der Waals surface area contributed by atoms with E-state index in [4.69, 9.17) is 4.74 Å². The smallest absolute Gasteiger partial charge is 0.416 e. The maximum atomic E-state index is 13.1. The standard InChI is InChI=1S/C21H20F3N5O/c1-12(21(22,23)24)13-2-3-15-14(8-13)19(29-28-15)16-9-26-11-18(27-16)30-17-10-25-7-6-20(17)4-5-20/h2-3,8-9,11,17,25H,1,4-7,10H2,(H,28,29)/t17-/m0/s1. The Balaban J connectivity index is 1.47. The van der Waals surface area contributed by atoms with Gasteiger partial charge in [-0.25, -0.2) is 4.98 Å². The number of benzene rings is 1. The van der Waals surface area contributed by atoms with Crippen LogP contribution in [0.15, 0.2) is 37.2 Å². The first-order chi connectivity index (χ1) is 14.4. The molecule has 1 saturated carbocycles. The number of allylic oxidation sites excluding steroid dienone is 1. The van der Waals surface area contributed by atoms with Gasteiger partial charge < -0.3 is 10.1 Å². The van der Waals surface area contributed by atoms with E-state index in [0.717, 1.165) is 32.4 Å². The quantitative estimate of drug-likeness (QED) is 0.671. The summed E-state index contributed by atoms with van der Waals surface area (Å²) in [5.41, 5.74) is 0.769. The lowest BCUT2D eigenvalue weighted by Gasteiger charge is -2.32. The van der Waals surface area contributed by atoms with Crippen LogP contribution < -0.4 is 10.1 Å². The average Bonchev–Trinajstić information content (AvgIpc) is 3.37. The molecule has 1 aromatic carbocycles. The van der Waals surface area contributed by atoms with Gasteiger partial charge in [0.1, 0.15) is 17.5 Å². The molecule has 3 heterocycles. The number of hydrogen-bond donors (Lipinski definition) is 2. The van der Waals surface area contributed by atoms with E-state index in [2.05, 4.69) is 32.1 Å². The molecule has 156 valence electrons. The number of alkyl halides is 3. The summed E-state index contributed by atoms with van der Waals surface area (Å²) in [4.78, 5) is 8.75. The highest BCUT2D eigenvalue weighted by molar-refractivity contribution is 5.94. The summed E-state index contributed by atoms with van der Waals surface area (Å²) in [5.74, 6) is 0.388.